The lowest BCUT2D eigenvalue weighted by Gasteiger charge is -2.04. The second-order valence-electron chi connectivity index (χ2n) is 4.82. The maximum absolute atomic E-state index is 5.62. The Morgan fingerprint density at radius 2 is 1.67 bits per heavy atom. The first-order valence-corrected chi connectivity index (χ1v) is 7.04. The van der Waals surface area contributed by atoms with Gasteiger partial charge in [0.15, 0.2) is 0 Å². The molecule has 0 amide bonds. The molecule has 0 bridgehead atoms. The highest BCUT2D eigenvalue weighted by Gasteiger charge is 2.10. The Hall–Kier alpha value is -1.29. The molecular formula is C14H18N2OS. The molecule has 1 aromatic carbocycles. The molecule has 0 N–H and O–H groups in total. The topological polar surface area (TPSA) is 38.9 Å². The molecule has 0 fully saturated rings. The van der Waals surface area contributed by atoms with E-state index >= 15 is 0 Å². The highest BCUT2D eigenvalue weighted by Crippen LogP contribution is 2.26. The van der Waals surface area contributed by atoms with E-state index in [1.807, 2.05) is 12.1 Å². The predicted molar refractivity (Wildman–Crippen MR) is 74.8 cm³/mol. The van der Waals surface area contributed by atoms with Crippen molar-refractivity contribution in [1.29, 1.82) is 0 Å². The largest absolute Gasteiger partial charge is 0.411 e. The van der Waals surface area contributed by atoms with E-state index in [9.17, 15) is 0 Å². The van der Waals surface area contributed by atoms with Crippen molar-refractivity contribution in [3.05, 3.63) is 29.8 Å². The number of nitrogens with zero attached hydrogens (tertiary/aromatic N) is 2. The maximum atomic E-state index is 5.62. The lowest BCUT2D eigenvalue weighted by molar-refractivity contribution is 0.465. The average molecular weight is 262 g/mol. The smallest absolute Gasteiger partial charge is 0.277 e. The van der Waals surface area contributed by atoms with E-state index in [2.05, 4.69) is 50.0 Å². The number of hydrogen-bond donors (Lipinski definition) is 0. The summed E-state index contributed by atoms with van der Waals surface area (Å²) in [6.45, 7) is 8.57. The molecule has 3 nitrogen and oxygen atoms in total. The molecule has 0 aliphatic heterocycles. The molecule has 4 heteroatoms. The van der Waals surface area contributed by atoms with Crippen LogP contribution in [0.5, 0.6) is 0 Å². The summed E-state index contributed by atoms with van der Waals surface area (Å²) in [5.41, 5.74) is 2.29. The summed E-state index contributed by atoms with van der Waals surface area (Å²) >= 11 is 1.58. The fourth-order valence-corrected chi connectivity index (χ4v) is 2.20. The predicted octanol–water partition coefficient (Wildman–Crippen LogP) is 4.36. The van der Waals surface area contributed by atoms with Crippen LogP contribution in [0, 0.1) is 0 Å². The first-order chi connectivity index (χ1) is 8.56. The van der Waals surface area contributed by atoms with Crippen LogP contribution in [0.25, 0.3) is 11.5 Å². The van der Waals surface area contributed by atoms with Gasteiger partial charge >= 0.3 is 0 Å². The van der Waals surface area contributed by atoms with Crippen molar-refractivity contribution in [1.82, 2.24) is 10.2 Å². The summed E-state index contributed by atoms with van der Waals surface area (Å²) in [7, 11) is 0. The Bertz CT molecular complexity index is 503. The van der Waals surface area contributed by atoms with Crippen LogP contribution in [-0.2, 0) is 0 Å². The third-order valence-corrected chi connectivity index (χ3v) is 3.41. The van der Waals surface area contributed by atoms with E-state index in [0.29, 0.717) is 22.3 Å². The number of rotatable bonds is 4. The zero-order valence-corrected chi connectivity index (χ0v) is 12.0. The molecule has 2 rings (SSSR count). The van der Waals surface area contributed by atoms with E-state index in [1.54, 1.807) is 11.8 Å². The fourth-order valence-electron chi connectivity index (χ4n) is 1.59. The zero-order valence-electron chi connectivity index (χ0n) is 11.2. The van der Waals surface area contributed by atoms with E-state index < -0.39 is 0 Å². The second kappa shape index (κ2) is 5.57. The summed E-state index contributed by atoms with van der Waals surface area (Å²) < 4.78 is 5.62. The van der Waals surface area contributed by atoms with Crippen LogP contribution < -0.4 is 0 Å². The molecule has 0 radical (unpaired) electrons. The van der Waals surface area contributed by atoms with Gasteiger partial charge < -0.3 is 4.42 Å². The van der Waals surface area contributed by atoms with E-state index in [4.69, 9.17) is 4.42 Å². The summed E-state index contributed by atoms with van der Waals surface area (Å²) in [5.74, 6) is 1.13. The minimum Gasteiger partial charge on any atom is -0.411 e. The molecule has 0 aliphatic carbocycles. The van der Waals surface area contributed by atoms with Gasteiger partial charge in [-0.3, -0.25) is 0 Å². The van der Waals surface area contributed by atoms with Gasteiger partial charge in [0.1, 0.15) is 0 Å². The molecule has 1 aromatic heterocycles. The van der Waals surface area contributed by atoms with Crippen LogP contribution in [0.2, 0.25) is 0 Å². The maximum Gasteiger partial charge on any atom is 0.277 e. The van der Waals surface area contributed by atoms with Crippen LogP contribution in [0.3, 0.4) is 0 Å². The van der Waals surface area contributed by atoms with Gasteiger partial charge in [0.2, 0.25) is 5.89 Å². The number of benzene rings is 1. The summed E-state index contributed by atoms with van der Waals surface area (Å²) in [6.07, 6.45) is 0. The molecular weight excluding hydrogens is 244 g/mol. The van der Waals surface area contributed by atoms with Crippen LogP contribution in [-0.4, -0.2) is 15.4 Å². The van der Waals surface area contributed by atoms with E-state index in [0.717, 1.165) is 5.56 Å². The van der Waals surface area contributed by atoms with Crippen LogP contribution in [0.1, 0.15) is 39.2 Å². The van der Waals surface area contributed by atoms with Gasteiger partial charge in [-0.2, -0.15) is 0 Å². The van der Waals surface area contributed by atoms with Crippen molar-refractivity contribution in [3.8, 4) is 11.5 Å². The molecule has 2 aromatic rings. The molecule has 0 unspecified atom stereocenters. The molecule has 18 heavy (non-hydrogen) atoms. The van der Waals surface area contributed by atoms with Crippen LogP contribution in [0.15, 0.2) is 33.9 Å². The normalized spacial score (nSPS) is 11.4. The summed E-state index contributed by atoms with van der Waals surface area (Å²) in [6, 6.07) is 8.29. The summed E-state index contributed by atoms with van der Waals surface area (Å²) in [4.78, 5) is 0. The first-order valence-electron chi connectivity index (χ1n) is 6.16. The Balaban J connectivity index is 2.18. The lowest BCUT2D eigenvalue weighted by Crippen LogP contribution is -1.86. The number of thioether (sulfide) groups is 1. The minimum atomic E-state index is 0.446. The summed E-state index contributed by atoms with van der Waals surface area (Å²) in [5, 5.41) is 9.19. The number of hydrogen-bond acceptors (Lipinski definition) is 4. The van der Waals surface area contributed by atoms with E-state index in [1.165, 1.54) is 5.56 Å². The van der Waals surface area contributed by atoms with Crippen LogP contribution >= 0.6 is 11.8 Å². The highest BCUT2D eigenvalue weighted by atomic mass is 32.2. The van der Waals surface area contributed by atoms with E-state index in [-0.39, 0.29) is 0 Å². The molecule has 0 spiro atoms. The van der Waals surface area contributed by atoms with Gasteiger partial charge in [-0.15, -0.1) is 10.2 Å². The molecule has 0 saturated carbocycles. The molecule has 0 aliphatic rings. The monoisotopic (exact) mass is 262 g/mol. The first kappa shape index (κ1) is 13.1. The van der Waals surface area contributed by atoms with Crippen molar-refractivity contribution >= 4 is 11.8 Å². The van der Waals surface area contributed by atoms with Gasteiger partial charge in [0.25, 0.3) is 5.22 Å². The Kier molecular flexibility index (Phi) is 4.07. The highest BCUT2D eigenvalue weighted by molar-refractivity contribution is 7.99. The fraction of sp³-hybridized carbons (Fsp3) is 0.429. The van der Waals surface area contributed by atoms with Crippen LogP contribution in [0.4, 0.5) is 0 Å². The third-order valence-electron chi connectivity index (χ3n) is 2.57. The molecule has 1 heterocycles. The van der Waals surface area contributed by atoms with Crippen molar-refractivity contribution < 1.29 is 4.42 Å². The van der Waals surface area contributed by atoms with Crippen molar-refractivity contribution in [2.75, 3.05) is 0 Å². The zero-order chi connectivity index (χ0) is 13.1. The Labute approximate surface area is 112 Å². The third kappa shape index (κ3) is 3.13. The van der Waals surface area contributed by atoms with Gasteiger partial charge in [-0.05, 0) is 23.6 Å². The lowest BCUT2D eigenvalue weighted by atomic mass is 10.0. The van der Waals surface area contributed by atoms with Crippen molar-refractivity contribution in [3.63, 3.8) is 0 Å². The minimum absolute atomic E-state index is 0.446. The SMILES string of the molecule is CC(C)Sc1nnc(-c2ccc(C(C)C)cc2)o1. The van der Waals surface area contributed by atoms with Crippen molar-refractivity contribution in [2.45, 2.75) is 44.1 Å². The van der Waals surface area contributed by atoms with Crippen molar-refractivity contribution in [2.24, 2.45) is 0 Å². The second-order valence-corrected chi connectivity index (χ2v) is 6.34. The van der Waals surface area contributed by atoms with Gasteiger partial charge in [-0.25, -0.2) is 0 Å². The quantitative estimate of drug-likeness (QED) is 0.767. The number of aromatic nitrogens is 2. The Morgan fingerprint density at radius 1 is 1.00 bits per heavy atom. The standard InChI is InChI=1S/C14H18N2OS/c1-9(2)11-5-7-12(8-6-11)13-15-16-14(17-13)18-10(3)4/h5-10H,1-4H3. The van der Waals surface area contributed by atoms with Gasteiger partial charge in [0, 0.05) is 10.8 Å². The van der Waals surface area contributed by atoms with Gasteiger partial charge in [0.05, 0.1) is 0 Å². The average Bonchev–Trinajstić information content (AvgIpc) is 2.76. The van der Waals surface area contributed by atoms with Gasteiger partial charge in [-0.1, -0.05) is 51.6 Å². The molecule has 0 saturated heterocycles. The molecule has 0 atom stereocenters. The molecule has 96 valence electrons. The Morgan fingerprint density at radius 3 is 2.22 bits per heavy atom.